The molecule has 7 heteroatoms. The van der Waals surface area contributed by atoms with E-state index in [1.54, 1.807) is 14.2 Å². The van der Waals surface area contributed by atoms with Gasteiger partial charge in [-0.25, -0.2) is 9.97 Å². The number of hydrogen-bond acceptors (Lipinski definition) is 7. The zero-order valence-electron chi connectivity index (χ0n) is 20.0. The van der Waals surface area contributed by atoms with Crippen LogP contribution in [0, 0.1) is 0 Å². The maximum atomic E-state index is 5.92. The summed E-state index contributed by atoms with van der Waals surface area (Å²) in [4.78, 5) is 11.8. The Bertz CT molecular complexity index is 1230. The molecule has 176 valence electrons. The van der Waals surface area contributed by atoms with Crippen LogP contribution in [0.4, 0.5) is 5.82 Å². The second kappa shape index (κ2) is 10.9. The lowest BCUT2D eigenvalue weighted by molar-refractivity contribution is 0.356. The van der Waals surface area contributed by atoms with Crippen molar-refractivity contribution in [3.05, 3.63) is 66.7 Å². The smallest absolute Gasteiger partial charge is 0.162 e. The molecule has 0 aliphatic heterocycles. The van der Waals surface area contributed by atoms with Crippen molar-refractivity contribution in [2.75, 3.05) is 46.7 Å². The van der Waals surface area contributed by atoms with Gasteiger partial charge in [-0.2, -0.15) is 0 Å². The summed E-state index contributed by atoms with van der Waals surface area (Å²) < 4.78 is 16.9. The van der Waals surface area contributed by atoms with Gasteiger partial charge in [-0.05, 0) is 69.5 Å². The van der Waals surface area contributed by atoms with Crippen LogP contribution in [0.25, 0.3) is 22.3 Å². The van der Waals surface area contributed by atoms with Gasteiger partial charge in [0.2, 0.25) is 0 Å². The predicted molar refractivity (Wildman–Crippen MR) is 136 cm³/mol. The third-order valence-electron chi connectivity index (χ3n) is 5.37. The van der Waals surface area contributed by atoms with Crippen molar-refractivity contribution in [3.8, 4) is 34.4 Å². The van der Waals surface area contributed by atoms with Crippen molar-refractivity contribution >= 4 is 16.7 Å². The number of aromatic nitrogens is 2. The lowest BCUT2D eigenvalue weighted by Crippen LogP contribution is -2.17. The maximum Gasteiger partial charge on any atom is 0.162 e. The second-order valence-corrected chi connectivity index (χ2v) is 8.14. The van der Waals surface area contributed by atoms with E-state index in [1.165, 1.54) is 0 Å². The van der Waals surface area contributed by atoms with Gasteiger partial charge >= 0.3 is 0 Å². The highest BCUT2D eigenvalue weighted by molar-refractivity contribution is 5.93. The molecule has 0 spiro atoms. The van der Waals surface area contributed by atoms with Crippen LogP contribution in [-0.2, 0) is 0 Å². The molecule has 7 nitrogen and oxygen atoms in total. The minimum absolute atomic E-state index is 0.626. The fourth-order valence-electron chi connectivity index (χ4n) is 3.62. The largest absolute Gasteiger partial charge is 0.493 e. The summed E-state index contributed by atoms with van der Waals surface area (Å²) in [6, 6.07) is 21.3. The van der Waals surface area contributed by atoms with E-state index in [0.717, 1.165) is 53.3 Å². The van der Waals surface area contributed by atoms with Gasteiger partial charge in [0.1, 0.15) is 17.3 Å². The quantitative estimate of drug-likeness (QED) is 0.316. The minimum atomic E-state index is 0.626. The highest BCUT2D eigenvalue weighted by atomic mass is 16.5. The Labute approximate surface area is 200 Å². The van der Waals surface area contributed by atoms with Gasteiger partial charge in [-0.1, -0.05) is 18.2 Å². The van der Waals surface area contributed by atoms with Crippen LogP contribution in [-0.4, -0.2) is 56.3 Å². The summed E-state index contributed by atoms with van der Waals surface area (Å²) in [5, 5.41) is 4.37. The van der Waals surface area contributed by atoms with E-state index >= 15 is 0 Å². The molecule has 0 fully saturated rings. The third-order valence-corrected chi connectivity index (χ3v) is 5.37. The SMILES string of the molecule is COc1cc2nc(-c3ccc(Oc4ccccc4)cc3)nc(NCCCN(C)C)c2cc1OC. The molecule has 34 heavy (non-hydrogen) atoms. The molecule has 1 heterocycles. The molecule has 4 aromatic rings. The summed E-state index contributed by atoms with van der Waals surface area (Å²) in [6.45, 7) is 1.78. The van der Waals surface area contributed by atoms with Crippen molar-refractivity contribution in [1.82, 2.24) is 14.9 Å². The van der Waals surface area contributed by atoms with Crippen molar-refractivity contribution in [2.45, 2.75) is 6.42 Å². The highest BCUT2D eigenvalue weighted by Gasteiger charge is 2.14. The zero-order valence-corrected chi connectivity index (χ0v) is 20.0. The van der Waals surface area contributed by atoms with Gasteiger partial charge < -0.3 is 24.4 Å². The summed E-state index contributed by atoms with van der Waals surface area (Å²) in [7, 11) is 7.39. The molecule has 0 aliphatic carbocycles. The van der Waals surface area contributed by atoms with Gasteiger partial charge in [0.25, 0.3) is 0 Å². The first-order valence-electron chi connectivity index (χ1n) is 11.2. The van der Waals surface area contributed by atoms with Crippen molar-refractivity contribution in [2.24, 2.45) is 0 Å². The molecule has 0 atom stereocenters. The van der Waals surface area contributed by atoms with Crippen LogP contribution < -0.4 is 19.5 Å². The number of benzene rings is 3. The molecule has 0 saturated heterocycles. The molecule has 0 bridgehead atoms. The standard InChI is InChI=1S/C27H30N4O3/c1-31(2)16-8-15-28-27-22-17-24(32-3)25(33-4)18-23(22)29-26(30-27)19-11-13-21(14-12-19)34-20-9-6-5-7-10-20/h5-7,9-14,17-18H,8,15-16H2,1-4H3,(H,28,29,30). The molecule has 0 saturated carbocycles. The number of methoxy groups -OCH3 is 2. The normalized spacial score (nSPS) is 11.0. The number of ether oxygens (including phenoxy) is 3. The molecule has 0 unspecified atom stereocenters. The number of nitrogens with one attached hydrogen (secondary N) is 1. The molecule has 0 amide bonds. The number of anilines is 1. The summed E-state index contributed by atoms with van der Waals surface area (Å²) in [6.07, 6.45) is 0.993. The Morgan fingerprint density at radius 1 is 0.824 bits per heavy atom. The second-order valence-electron chi connectivity index (χ2n) is 8.14. The number of hydrogen-bond donors (Lipinski definition) is 1. The van der Waals surface area contributed by atoms with E-state index in [0.29, 0.717) is 17.3 Å². The topological polar surface area (TPSA) is 68.7 Å². The first-order valence-corrected chi connectivity index (χ1v) is 11.2. The molecule has 4 rings (SSSR count). The van der Waals surface area contributed by atoms with E-state index in [4.69, 9.17) is 24.2 Å². The molecular weight excluding hydrogens is 428 g/mol. The first-order chi connectivity index (χ1) is 16.6. The summed E-state index contributed by atoms with van der Waals surface area (Å²) in [5.74, 6) is 4.21. The fourth-order valence-corrected chi connectivity index (χ4v) is 3.62. The lowest BCUT2D eigenvalue weighted by Gasteiger charge is -2.15. The van der Waals surface area contributed by atoms with Crippen molar-refractivity contribution in [3.63, 3.8) is 0 Å². The van der Waals surface area contributed by atoms with Gasteiger partial charge in [-0.3, -0.25) is 0 Å². The van der Waals surface area contributed by atoms with E-state index in [9.17, 15) is 0 Å². The Balaban J connectivity index is 1.67. The molecule has 0 aliphatic rings. The lowest BCUT2D eigenvalue weighted by atomic mass is 10.1. The fraction of sp³-hybridized carbons (Fsp3) is 0.259. The molecule has 0 radical (unpaired) electrons. The van der Waals surface area contributed by atoms with Crippen molar-refractivity contribution in [1.29, 1.82) is 0 Å². The number of fused-ring (bicyclic) bond motifs is 1. The Morgan fingerprint density at radius 3 is 2.18 bits per heavy atom. The third kappa shape index (κ3) is 5.55. The van der Waals surface area contributed by atoms with E-state index < -0.39 is 0 Å². The van der Waals surface area contributed by atoms with Crippen LogP contribution in [0.15, 0.2) is 66.7 Å². The van der Waals surface area contributed by atoms with Gasteiger partial charge in [-0.15, -0.1) is 0 Å². The highest BCUT2D eigenvalue weighted by Crippen LogP contribution is 2.35. The van der Waals surface area contributed by atoms with Crippen LogP contribution in [0.3, 0.4) is 0 Å². The van der Waals surface area contributed by atoms with Gasteiger partial charge in [0, 0.05) is 23.6 Å². The summed E-state index contributed by atoms with van der Waals surface area (Å²) >= 11 is 0. The van der Waals surface area contributed by atoms with Gasteiger partial charge in [0.05, 0.1) is 19.7 Å². The van der Waals surface area contributed by atoms with E-state index in [-0.39, 0.29) is 0 Å². The summed E-state index contributed by atoms with van der Waals surface area (Å²) in [5.41, 5.74) is 1.68. The number of para-hydroxylation sites is 1. The number of nitrogens with zero attached hydrogens (tertiary/aromatic N) is 3. The van der Waals surface area contributed by atoms with E-state index in [2.05, 4.69) is 24.3 Å². The van der Waals surface area contributed by atoms with E-state index in [1.807, 2.05) is 66.7 Å². The first kappa shape index (κ1) is 23.3. The molecular formula is C27H30N4O3. The molecule has 3 aromatic carbocycles. The molecule has 1 aromatic heterocycles. The predicted octanol–water partition coefficient (Wildman–Crippen LogP) is 5.47. The van der Waals surface area contributed by atoms with Crippen LogP contribution in [0.5, 0.6) is 23.0 Å². The molecule has 1 N–H and O–H groups in total. The van der Waals surface area contributed by atoms with Crippen LogP contribution in [0.1, 0.15) is 6.42 Å². The maximum absolute atomic E-state index is 5.92. The minimum Gasteiger partial charge on any atom is -0.493 e. The van der Waals surface area contributed by atoms with Gasteiger partial charge in [0.15, 0.2) is 17.3 Å². The monoisotopic (exact) mass is 458 g/mol. The van der Waals surface area contributed by atoms with Crippen LogP contribution >= 0.6 is 0 Å². The Hall–Kier alpha value is -3.84. The van der Waals surface area contributed by atoms with Crippen molar-refractivity contribution < 1.29 is 14.2 Å². The van der Waals surface area contributed by atoms with Crippen LogP contribution in [0.2, 0.25) is 0 Å². The average Bonchev–Trinajstić information content (AvgIpc) is 2.86. The Morgan fingerprint density at radius 2 is 1.50 bits per heavy atom. The average molecular weight is 459 g/mol. The number of rotatable bonds is 10. The Kier molecular flexibility index (Phi) is 7.44. The zero-order chi connectivity index (χ0) is 23.9.